The van der Waals surface area contributed by atoms with E-state index in [1.54, 1.807) is 5.48 Å². The number of nitrogens with zero attached hydrogens (tertiary/aromatic N) is 1. The average Bonchev–Trinajstić information content (AvgIpc) is 3.09. The fourth-order valence-electron chi connectivity index (χ4n) is 2.69. The van der Waals surface area contributed by atoms with Crippen molar-refractivity contribution < 1.29 is 19.5 Å². The molecule has 0 unspecified atom stereocenters. The molecule has 3 aromatic rings. The predicted molar refractivity (Wildman–Crippen MR) is 92.8 cm³/mol. The van der Waals surface area contributed by atoms with Crippen LogP contribution in [0, 0.1) is 0 Å². The van der Waals surface area contributed by atoms with Crippen LogP contribution in [-0.2, 0) is 4.79 Å². The molecular weight excluding hydrogens is 320 g/mol. The van der Waals surface area contributed by atoms with Gasteiger partial charge in [0.15, 0.2) is 5.58 Å². The van der Waals surface area contributed by atoms with Crippen LogP contribution in [-0.4, -0.2) is 21.2 Å². The van der Waals surface area contributed by atoms with Crippen molar-refractivity contribution in [2.45, 2.75) is 31.8 Å². The number of para-hydroxylation sites is 2. The number of aliphatic hydroxyl groups excluding tert-OH is 1. The second-order valence-corrected chi connectivity index (χ2v) is 5.91. The third kappa shape index (κ3) is 4.23. The third-order valence-corrected chi connectivity index (χ3v) is 4.09. The Morgan fingerprint density at radius 1 is 1.12 bits per heavy atom. The van der Waals surface area contributed by atoms with Crippen molar-refractivity contribution in [3.8, 4) is 11.5 Å². The molecule has 0 aliphatic rings. The summed E-state index contributed by atoms with van der Waals surface area (Å²) in [5.41, 5.74) is 4.82. The van der Waals surface area contributed by atoms with Gasteiger partial charge in [-0.1, -0.05) is 30.7 Å². The maximum atomic E-state index is 10.9. The summed E-state index contributed by atoms with van der Waals surface area (Å²) in [5.74, 6) is 0.148. The molecule has 3 rings (SSSR count). The highest BCUT2D eigenvalue weighted by Gasteiger charge is 2.11. The lowest BCUT2D eigenvalue weighted by Crippen LogP contribution is -2.17. The Bertz CT molecular complexity index is 809. The maximum Gasteiger partial charge on any atom is 0.243 e. The second-order valence-electron chi connectivity index (χ2n) is 5.91. The van der Waals surface area contributed by atoms with E-state index in [2.05, 4.69) is 4.98 Å². The van der Waals surface area contributed by atoms with E-state index in [4.69, 9.17) is 9.62 Å². The number of benzene rings is 2. The predicted octanol–water partition coefficient (Wildman–Crippen LogP) is 3.59. The molecule has 0 saturated heterocycles. The van der Waals surface area contributed by atoms with Gasteiger partial charge in [-0.05, 0) is 42.7 Å². The minimum Gasteiger partial charge on any atom is -0.436 e. The van der Waals surface area contributed by atoms with E-state index in [-0.39, 0.29) is 6.42 Å². The number of unbranched alkanes of at least 4 members (excludes halogenated alkanes) is 1. The number of carbonyl (C=O) groups excluding carboxylic acids is 1. The van der Waals surface area contributed by atoms with E-state index in [0.29, 0.717) is 25.2 Å². The zero-order valence-corrected chi connectivity index (χ0v) is 13.7. The number of hydroxylamine groups is 1. The summed E-state index contributed by atoms with van der Waals surface area (Å²) in [4.78, 5) is 15.4. The van der Waals surface area contributed by atoms with Gasteiger partial charge in [-0.3, -0.25) is 10.0 Å². The van der Waals surface area contributed by atoms with Gasteiger partial charge >= 0.3 is 0 Å². The molecule has 2 aromatic carbocycles. The molecule has 3 N–H and O–H groups in total. The van der Waals surface area contributed by atoms with Crippen molar-refractivity contribution in [3.63, 3.8) is 0 Å². The molecule has 130 valence electrons. The van der Waals surface area contributed by atoms with Gasteiger partial charge in [0.2, 0.25) is 11.8 Å². The van der Waals surface area contributed by atoms with Crippen molar-refractivity contribution in [1.82, 2.24) is 10.5 Å². The molecule has 0 bridgehead atoms. The number of fused-ring (bicyclic) bond motifs is 1. The topological polar surface area (TPSA) is 95.6 Å². The highest BCUT2D eigenvalue weighted by Crippen LogP contribution is 2.26. The standard InChI is InChI=1S/C19H20N2O4/c22-16(6-2-4-8-18(23)21-24)13-9-11-14(12-10-13)19-20-15-5-1-3-7-17(15)25-19/h1,3,5,7,9-12,16,22,24H,2,4,6,8H2,(H,21,23)/t16-/m1/s1. The molecule has 6 nitrogen and oxygen atoms in total. The molecule has 0 fully saturated rings. The maximum absolute atomic E-state index is 10.9. The van der Waals surface area contributed by atoms with E-state index in [1.807, 2.05) is 48.5 Å². The Balaban J connectivity index is 1.60. The van der Waals surface area contributed by atoms with Crippen LogP contribution < -0.4 is 5.48 Å². The number of oxazole rings is 1. The number of carbonyl (C=O) groups is 1. The number of hydrogen-bond acceptors (Lipinski definition) is 5. The van der Waals surface area contributed by atoms with Crippen LogP contribution in [0.1, 0.15) is 37.4 Å². The number of aliphatic hydroxyl groups is 1. The summed E-state index contributed by atoms with van der Waals surface area (Å²) in [5, 5.41) is 18.7. The largest absolute Gasteiger partial charge is 0.436 e. The summed E-state index contributed by atoms with van der Waals surface area (Å²) in [6.07, 6.45) is 1.53. The van der Waals surface area contributed by atoms with E-state index in [9.17, 15) is 9.90 Å². The van der Waals surface area contributed by atoms with Crippen LogP contribution in [0.4, 0.5) is 0 Å². The normalized spacial score (nSPS) is 12.2. The lowest BCUT2D eigenvalue weighted by atomic mass is 10.0. The average molecular weight is 340 g/mol. The number of hydrogen-bond donors (Lipinski definition) is 3. The fourth-order valence-corrected chi connectivity index (χ4v) is 2.69. The van der Waals surface area contributed by atoms with Gasteiger partial charge in [0.25, 0.3) is 0 Å². The smallest absolute Gasteiger partial charge is 0.243 e. The van der Waals surface area contributed by atoms with Gasteiger partial charge in [0.1, 0.15) is 5.52 Å². The highest BCUT2D eigenvalue weighted by molar-refractivity contribution is 5.76. The molecule has 1 heterocycles. The van der Waals surface area contributed by atoms with Crippen LogP contribution >= 0.6 is 0 Å². The summed E-state index contributed by atoms with van der Waals surface area (Å²) in [6.45, 7) is 0. The van der Waals surface area contributed by atoms with Crippen LogP contribution in [0.15, 0.2) is 52.9 Å². The zero-order valence-electron chi connectivity index (χ0n) is 13.7. The minimum absolute atomic E-state index is 0.250. The molecule has 0 saturated carbocycles. The lowest BCUT2D eigenvalue weighted by molar-refractivity contribution is -0.129. The van der Waals surface area contributed by atoms with Crippen LogP contribution in [0.2, 0.25) is 0 Å². The Labute approximate surface area is 145 Å². The Morgan fingerprint density at radius 2 is 1.88 bits per heavy atom. The second kappa shape index (κ2) is 7.92. The summed E-state index contributed by atoms with van der Waals surface area (Å²) >= 11 is 0. The number of aromatic nitrogens is 1. The Morgan fingerprint density at radius 3 is 2.60 bits per heavy atom. The van der Waals surface area contributed by atoms with E-state index in [1.165, 1.54) is 0 Å². The van der Waals surface area contributed by atoms with Crippen LogP contribution in [0.3, 0.4) is 0 Å². The van der Waals surface area contributed by atoms with Crippen molar-refractivity contribution in [2.75, 3.05) is 0 Å². The van der Waals surface area contributed by atoms with Gasteiger partial charge in [-0.25, -0.2) is 10.5 Å². The first kappa shape index (κ1) is 17.1. The SMILES string of the molecule is O=C(CCCC[C@@H](O)c1ccc(-c2nc3ccccc3o2)cc1)NO. The highest BCUT2D eigenvalue weighted by atomic mass is 16.5. The fraction of sp³-hybridized carbons (Fsp3) is 0.263. The lowest BCUT2D eigenvalue weighted by Gasteiger charge is -2.11. The van der Waals surface area contributed by atoms with E-state index in [0.717, 1.165) is 22.2 Å². The quantitative estimate of drug-likeness (QED) is 0.347. The molecular formula is C19H20N2O4. The van der Waals surface area contributed by atoms with Gasteiger partial charge < -0.3 is 9.52 Å². The molecule has 0 aliphatic carbocycles. The Hall–Kier alpha value is -2.70. The van der Waals surface area contributed by atoms with Crippen molar-refractivity contribution in [3.05, 3.63) is 54.1 Å². The third-order valence-electron chi connectivity index (χ3n) is 4.09. The zero-order chi connectivity index (χ0) is 17.6. The van der Waals surface area contributed by atoms with Gasteiger partial charge in [-0.2, -0.15) is 0 Å². The first-order valence-electron chi connectivity index (χ1n) is 8.24. The van der Waals surface area contributed by atoms with Gasteiger partial charge in [0, 0.05) is 12.0 Å². The van der Waals surface area contributed by atoms with Gasteiger partial charge in [0.05, 0.1) is 6.10 Å². The minimum atomic E-state index is -0.588. The van der Waals surface area contributed by atoms with Crippen molar-refractivity contribution in [2.24, 2.45) is 0 Å². The molecule has 1 aromatic heterocycles. The summed E-state index contributed by atoms with van der Waals surface area (Å²) in [6, 6.07) is 15.1. The van der Waals surface area contributed by atoms with Crippen LogP contribution in [0.5, 0.6) is 0 Å². The van der Waals surface area contributed by atoms with Crippen LogP contribution in [0.25, 0.3) is 22.6 Å². The monoisotopic (exact) mass is 340 g/mol. The number of amides is 1. The summed E-state index contributed by atoms with van der Waals surface area (Å²) in [7, 11) is 0. The van der Waals surface area contributed by atoms with Gasteiger partial charge in [-0.15, -0.1) is 0 Å². The number of nitrogens with one attached hydrogen (secondary N) is 1. The molecule has 1 amide bonds. The molecule has 0 radical (unpaired) electrons. The molecule has 0 spiro atoms. The molecule has 0 aliphatic heterocycles. The van der Waals surface area contributed by atoms with Crippen molar-refractivity contribution in [1.29, 1.82) is 0 Å². The Kier molecular flexibility index (Phi) is 5.42. The first-order chi connectivity index (χ1) is 12.2. The van der Waals surface area contributed by atoms with E-state index < -0.39 is 12.0 Å². The van der Waals surface area contributed by atoms with Crippen molar-refractivity contribution >= 4 is 17.0 Å². The summed E-state index contributed by atoms with van der Waals surface area (Å²) < 4.78 is 5.74. The molecule has 6 heteroatoms. The number of rotatable bonds is 7. The molecule has 1 atom stereocenters. The van der Waals surface area contributed by atoms with E-state index >= 15 is 0 Å². The first-order valence-corrected chi connectivity index (χ1v) is 8.24. The molecule has 25 heavy (non-hydrogen) atoms.